The molecule has 7 heteroatoms. The summed E-state index contributed by atoms with van der Waals surface area (Å²) in [5, 5.41) is 0.961. The van der Waals surface area contributed by atoms with E-state index >= 15 is 0 Å². The van der Waals surface area contributed by atoms with Crippen LogP contribution in [-0.2, 0) is 10.3 Å². The van der Waals surface area contributed by atoms with E-state index in [9.17, 15) is 4.79 Å². The molecule has 5 nitrogen and oxygen atoms in total. The Morgan fingerprint density at radius 2 is 1.78 bits per heavy atom. The fraction of sp³-hybridized carbons (Fsp3) is 0.300. The first-order chi connectivity index (χ1) is 12.6. The van der Waals surface area contributed by atoms with Crippen LogP contribution in [0, 0.1) is 0 Å². The van der Waals surface area contributed by atoms with Crippen molar-refractivity contribution in [2.24, 2.45) is 10.7 Å². The number of nitrogens with two attached hydrogens (primary N) is 1. The van der Waals surface area contributed by atoms with Gasteiger partial charge in [-0.15, -0.1) is 0 Å². The lowest BCUT2D eigenvalue weighted by molar-refractivity contribution is -0.133. The van der Waals surface area contributed by atoms with Crippen LogP contribution >= 0.6 is 23.2 Å². The second-order valence-electron chi connectivity index (χ2n) is 7.57. The highest BCUT2D eigenvalue weighted by atomic mass is 35.5. The molecule has 1 atom stereocenters. The highest BCUT2D eigenvalue weighted by molar-refractivity contribution is 6.42. The number of hydrogen-bond donors (Lipinski definition) is 1. The number of carbonyl (C=O) groups is 1. The molecule has 1 amide bonds. The molecule has 0 saturated carbocycles. The third-order valence-corrected chi connectivity index (χ3v) is 5.79. The maximum Gasteiger partial charge on any atom is 0.261 e. The van der Waals surface area contributed by atoms with Gasteiger partial charge in [0.1, 0.15) is 11.4 Å². The lowest BCUT2D eigenvalue weighted by Crippen LogP contribution is -2.49. The first kappa shape index (κ1) is 18.1. The molecule has 2 N–H and O–H groups in total. The minimum Gasteiger partial charge on any atom is -0.487 e. The average molecular weight is 404 g/mol. The summed E-state index contributed by atoms with van der Waals surface area (Å²) in [7, 11) is 1.64. The standard InChI is InChI=1S/C20H19Cl2N3O2/c1-19(2)10-20(17(26)25(3)18(23)24-20)13-8-11(5-7-16(13)27-19)12-4-6-14(21)15(22)9-12/h4-9H,10H2,1-3H3,(H2,23,24). The molecule has 1 spiro atoms. The Kier molecular flexibility index (Phi) is 3.95. The van der Waals surface area contributed by atoms with E-state index in [-0.39, 0.29) is 11.9 Å². The van der Waals surface area contributed by atoms with Gasteiger partial charge in [0.25, 0.3) is 5.91 Å². The normalized spacial score (nSPS) is 23.2. The number of hydrogen-bond acceptors (Lipinski definition) is 4. The molecule has 140 valence electrons. The van der Waals surface area contributed by atoms with Crippen molar-refractivity contribution in [3.05, 3.63) is 52.0 Å². The number of rotatable bonds is 1. The number of likely N-dealkylation sites (N-methyl/N-ethyl adjacent to an activating group) is 1. The number of aliphatic imine (C=N–C) groups is 1. The lowest BCUT2D eigenvalue weighted by atomic mass is 9.77. The van der Waals surface area contributed by atoms with Gasteiger partial charge in [-0.1, -0.05) is 35.3 Å². The van der Waals surface area contributed by atoms with Crippen LogP contribution in [0.15, 0.2) is 41.4 Å². The number of benzene rings is 2. The summed E-state index contributed by atoms with van der Waals surface area (Å²) in [5.41, 5.74) is 6.85. The third-order valence-electron chi connectivity index (χ3n) is 5.05. The van der Waals surface area contributed by atoms with Gasteiger partial charge in [-0.3, -0.25) is 9.69 Å². The molecule has 0 aliphatic carbocycles. The van der Waals surface area contributed by atoms with Crippen LogP contribution in [-0.4, -0.2) is 29.4 Å². The highest BCUT2D eigenvalue weighted by Gasteiger charge is 2.55. The molecule has 27 heavy (non-hydrogen) atoms. The van der Waals surface area contributed by atoms with Crippen LogP contribution in [0.3, 0.4) is 0 Å². The predicted molar refractivity (Wildman–Crippen MR) is 107 cm³/mol. The van der Waals surface area contributed by atoms with E-state index in [4.69, 9.17) is 33.7 Å². The van der Waals surface area contributed by atoms with Crippen molar-refractivity contribution in [2.45, 2.75) is 31.4 Å². The van der Waals surface area contributed by atoms with E-state index in [0.717, 1.165) is 11.1 Å². The van der Waals surface area contributed by atoms with Gasteiger partial charge in [-0.2, -0.15) is 0 Å². The topological polar surface area (TPSA) is 67.9 Å². The quantitative estimate of drug-likeness (QED) is 0.775. The monoisotopic (exact) mass is 403 g/mol. The number of carbonyl (C=O) groups excluding carboxylic acids is 1. The van der Waals surface area contributed by atoms with Crippen molar-refractivity contribution >= 4 is 35.1 Å². The number of amides is 1. The molecular weight excluding hydrogens is 385 g/mol. The smallest absolute Gasteiger partial charge is 0.261 e. The molecule has 2 heterocycles. The van der Waals surface area contributed by atoms with E-state index in [1.807, 2.05) is 38.1 Å². The van der Waals surface area contributed by atoms with E-state index in [0.29, 0.717) is 27.8 Å². The number of nitrogens with zero attached hydrogens (tertiary/aromatic N) is 2. The highest BCUT2D eigenvalue weighted by Crippen LogP contribution is 2.49. The summed E-state index contributed by atoms with van der Waals surface area (Å²) in [6.45, 7) is 3.89. The van der Waals surface area contributed by atoms with E-state index in [1.165, 1.54) is 4.90 Å². The van der Waals surface area contributed by atoms with Gasteiger partial charge in [0.15, 0.2) is 11.5 Å². The van der Waals surface area contributed by atoms with Crippen molar-refractivity contribution in [2.75, 3.05) is 7.05 Å². The third kappa shape index (κ3) is 2.77. The molecule has 2 aliphatic heterocycles. The largest absolute Gasteiger partial charge is 0.487 e. The molecule has 0 fully saturated rings. The van der Waals surface area contributed by atoms with Crippen molar-refractivity contribution < 1.29 is 9.53 Å². The number of halogens is 2. The molecule has 0 radical (unpaired) electrons. The van der Waals surface area contributed by atoms with Crippen LogP contribution in [0.5, 0.6) is 5.75 Å². The van der Waals surface area contributed by atoms with Gasteiger partial charge in [-0.25, -0.2) is 4.99 Å². The average Bonchev–Trinajstić information content (AvgIpc) is 2.80. The number of guanidine groups is 1. The first-order valence-corrected chi connectivity index (χ1v) is 9.31. The predicted octanol–water partition coefficient (Wildman–Crippen LogP) is 4.20. The zero-order valence-electron chi connectivity index (χ0n) is 15.2. The van der Waals surface area contributed by atoms with Gasteiger partial charge < -0.3 is 10.5 Å². The summed E-state index contributed by atoms with van der Waals surface area (Å²) in [6.07, 6.45) is 0.404. The summed E-state index contributed by atoms with van der Waals surface area (Å²) in [5.74, 6) is 0.697. The number of fused-ring (bicyclic) bond motifs is 2. The van der Waals surface area contributed by atoms with Gasteiger partial charge in [-0.05, 0) is 49.2 Å². The molecule has 0 aromatic heterocycles. The van der Waals surface area contributed by atoms with Gasteiger partial charge >= 0.3 is 0 Å². The Labute approximate surface area is 167 Å². The Hall–Kier alpha value is -2.24. The van der Waals surface area contributed by atoms with Gasteiger partial charge in [0.2, 0.25) is 0 Å². The van der Waals surface area contributed by atoms with Gasteiger partial charge in [0.05, 0.1) is 10.0 Å². The fourth-order valence-corrected chi connectivity index (χ4v) is 4.13. The first-order valence-electron chi connectivity index (χ1n) is 8.55. The van der Waals surface area contributed by atoms with Crippen LogP contribution in [0.4, 0.5) is 0 Å². The zero-order valence-corrected chi connectivity index (χ0v) is 16.7. The van der Waals surface area contributed by atoms with Crippen molar-refractivity contribution in [1.29, 1.82) is 0 Å². The second-order valence-corrected chi connectivity index (χ2v) is 8.39. The molecule has 1 unspecified atom stereocenters. The lowest BCUT2D eigenvalue weighted by Gasteiger charge is -2.41. The number of ether oxygens (including phenoxy) is 1. The molecule has 4 rings (SSSR count). The molecular formula is C20H19Cl2N3O2. The van der Waals surface area contributed by atoms with Gasteiger partial charge in [0, 0.05) is 19.0 Å². The Morgan fingerprint density at radius 3 is 2.41 bits per heavy atom. The Bertz CT molecular complexity index is 1000. The van der Waals surface area contributed by atoms with Crippen LogP contribution in [0.1, 0.15) is 25.8 Å². The van der Waals surface area contributed by atoms with Crippen LogP contribution < -0.4 is 10.5 Å². The van der Waals surface area contributed by atoms with E-state index in [2.05, 4.69) is 4.99 Å². The molecule has 2 aromatic carbocycles. The minimum atomic E-state index is -1.08. The van der Waals surface area contributed by atoms with E-state index in [1.54, 1.807) is 19.2 Å². The van der Waals surface area contributed by atoms with Crippen LogP contribution in [0.2, 0.25) is 10.0 Å². The fourth-order valence-electron chi connectivity index (χ4n) is 3.83. The summed E-state index contributed by atoms with van der Waals surface area (Å²) >= 11 is 12.2. The van der Waals surface area contributed by atoms with Crippen molar-refractivity contribution in [3.63, 3.8) is 0 Å². The minimum absolute atomic E-state index is 0.149. The molecule has 0 bridgehead atoms. The zero-order chi connectivity index (χ0) is 19.6. The second kappa shape index (κ2) is 5.88. The SMILES string of the molecule is CN1C(=O)C2(CC(C)(C)Oc3ccc(-c4ccc(Cl)c(Cl)c4)cc32)N=C1N. The van der Waals surface area contributed by atoms with Crippen molar-refractivity contribution in [1.82, 2.24) is 4.90 Å². The van der Waals surface area contributed by atoms with Crippen LogP contribution in [0.25, 0.3) is 11.1 Å². The molecule has 2 aromatic rings. The Morgan fingerprint density at radius 1 is 1.11 bits per heavy atom. The Balaban J connectivity index is 1.92. The van der Waals surface area contributed by atoms with Crippen molar-refractivity contribution in [3.8, 4) is 16.9 Å². The summed E-state index contributed by atoms with van der Waals surface area (Å²) in [4.78, 5) is 19.1. The molecule has 0 saturated heterocycles. The summed E-state index contributed by atoms with van der Waals surface area (Å²) in [6, 6.07) is 11.2. The summed E-state index contributed by atoms with van der Waals surface area (Å²) < 4.78 is 6.13. The maximum absolute atomic E-state index is 13.1. The van der Waals surface area contributed by atoms with E-state index < -0.39 is 11.1 Å². The molecule has 2 aliphatic rings. The maximum atomic E-state index is 13.1.